The first-order valence-electron chi connectivity index (χ1n) is 4.95. The summed E-state index contributed by atoms with van der Waals surface area (Å²) >= 11 is 0. The van der Waals surface area contributed by atoms with Crippen LogP contribution in [0.2, 0.25) is 0 Å². The molecule has 0 fully saturated rings. The zero-order valence-electron chi connectivity index (χ0n) is 9.42. The Kier molecular flexibility index (Phi) is 7.32. The Labute approximate surface area is 88.7 Å². The van der Waals surface area contributed by atoms with Gasteiger partial charge in [0, 0.05) is 0 Å². The molecule has 0 spiro atoms. The maximum absolute atomic E-state index is 10.8. The molecule has 1 rings (SSSR count). The van der Waals surface area contributed by atoms with Crippen molar-refractivity contribution in [3.63, 3.8) is 0 Å². The Morgan fingerprint density at radius 3 is 2.21 bits per heavy atom. The SMILES string of the molecule is CC(=O)Pc1ccccc1C.CCC. The van der Waals surface area contributed by atoms with E-state index in [1.165, 1.54) is 17.3 Å². The molecule has 1 unspecified atom stereocenters. The van der Waals surface area contributed by atoms with Crippen molar-refractivity contribution < 1.29 is 4.79 Å². The van der Waals surface area contributed by atoms with Crippen LogP contribution in [0.15, 0.2) is 24.3 Å². The van der Waals surface area contributed by atoms with Crippen molar-refractivity contribution in [2.75, 3.05) is 0 Å². The third-order valence-corrected chi connectivity index (χ3v) is 2.64. The molecule has 0 aliphatic rings. The normalized spacial score (nSPS) is 9.71. The van der Waals surface area contributed by atoms with Gasteiger partial charge in [-0.25, -0.2) is 0 Å². The Balaban J connectivity index is 0.000000500. The van der Waals surface area contributed by atoms with Gasteiger partial charge in [0.2, 0.25) is 0 Å². The lowest BCUT2D eigenvalue weighted by molar-refractivity contribution is -0.109. The number of hydrogen-bond donors (Lipinski definition) is 0. The monoisotopic (exact) mass is 210 g/mol. The largest absolute Gasteiger partial charge is 0.295 e. The summed E-state index contributed by atoms with van der Waals surface area (Å²) in [5, 5.41) is 1.17. The molecule has 0 bridgehead atoms. The lowest BCUT2D eigenvalue weighted by atomic mass is 10.2. The molecule has 14 heavy (non-hydrogen) atoms. The van der Waals surface area contributed by atoms with E-state index in [9.17, 15) is 4.79 Å². The molecular formula is C12H19OP. The van der Waals surface area contributed by atoms with Crippen LogP contribution in [0.4, 0.5) is 0 Å². The zero-order valence-corrected chi connectivity index (χ0v) is 10.4. The van der Waals surface area contributed by atoms with Crippen LogP contribution < -0.4 is 5.30 Å². The molecule has 1 aromatic carbocycles. The first kappa shape index (κ1) is 13.3. The highest BCUT2D eigenvalue weighted by Gasteiger charge is 1.98. The highest BCUT2D eigenvalue weighted by Crippen LogP contribution is 2.12. The second kappa shape index (κ2) is 7.70. The predicted octanol–water partition coefficient (Wildman–Crippen LogP) is 3.26. The van der Waals surface area contributed by atoms with Gasteiger partial charge in [0.15, 0.2) is 5.52 Å². The third-order valence-electron chi connectivity index (χ3n) is 1.46. The van der Waals surface area contributed by atoms with E-state index >= 15 is 0 Å². The first-order chi connectivity index (χ1) is 6.61. The van der Waals surface area contributed by atoms with Crippen molar-refractivity contribution in [3.05, 3.63) is 29.8 Å². The highest BCUT2D eigenvalue weighted by molar-refractivity contribution is 7.65. The molecule has 0 aromatic heterocycles. The maximum atomic E-state index is 10.8. The summed E-state index contributed by atoms with van der Waals surface area (Å²) in [6, 6.07) is 8.00. The lowest BCUT2D eigenvalue weighted by Crippen LogP contribution is -2.00. The summed E-state index contributed by atoms with van der Waals surface area (Å²) in [7, 11) is 0.321. The van der Waals surface area contributed by atoms with Gasteiger partial charge >= 0.3 is 0 Å². The van der Waals surface area contributed by atoms with Crippen LogP contribution in [0.5, 0.6) is 0 Å². The standard InChI is InChI=1S/C9H11OP.C3H8/c1-7-5-3-4-6-9(7)11-8(2)10;1-3-2/h3-6,11H,1-2H3;3H2,1-2H3. The fourth-order valence-corrected chi connectivity index (χ4v) is 1.74. The van der Waals surface area contributed by atoms with Crippen molar-refractivity contribution in [1.29, 1.82) is 0 Å². The Morgan fingerprint density at radius 2 is 1.79 bits per heavy atom. The van der Waals surface area contributed by atoms with Gasteiger partial charge < -0.3 is 0 Å². The van der Waals surface area contributed by atoms with Gasteiger partial charge in [0.05, 0.1) is 0 Å². The molecule has 0 saturated carbocycles. The van der Waals surface area contributed by atoms with E-state index in [0.717, 1.165) is 0 Å². The van der Waals surface area contributed by atoms with Crippen LogP contribution in [0.3, 0.4) is 0 Å². The molecular weight excluding hydrogens is 191 g/mol. The molecule has 0 aliphatic heterocycles. The summed E-state index contributed by atoms with van der Waals surface area (Å²) < 4.78 is 0. The Bertz CT molecular complexity index is 281. The fourth-order valence-electron chi connectivity index (χ4n) is 0.903. The van der Waals surface area contributed by atoms with E-state index in [1.807, 2.05) is 31.2 Å². The average molecular weight is 210 g/mol. The van der Waals surface area contributed by atoms with E-state index in [4.69, 9.17) is 0 Å². The number of hydrogen-bond acceptors (Lipinski definition) is 1. The molecule has 78 valence electrons. The summed E-state index contributed by atoms with van der Waals surface area (Å²) in [6.45, 7) is 7.91. The van der Waals surface area contributed by atoms with Crippen LogP contribution in [-0.2, 0) is 4.79 Å². The van der Waals surface area contributed by atoms with Gasteiger partial charge in [-0.15, -0.1) is 0 Å². The summed E-state index contributed by atoms with van der Waals surface area (Å²) in [5.74, 6) is 0. The van der Waals surface area contributed by atoms with E-state index in [-0.39, 0.29) is 5.52 Å². The van der Waals surface area contributed by atoms with Gasteiger partial charge in [-0.1, -0.05) is 44.5 Å². The van der Waals surface area contributed by atoms with Gasteiger partial charge in [0.25, 0.3) is 0 Å². The van der Waals surface area contributed by atoms with Gasteiger partial charge in [-0.2, -0.15) is 0 Å². The van der Waals surface area contributed by atoms with E-state index in [0.29, 0.717) is 8.58 Å². The van der Waals surface area contributed by atoms with Crippen molar-refractivity contribution in [1.82, 2.24) is 0 Å². The summed E-state index contributed by atoms with van der Waals surface area (Å²) in [5.41, 5.74) is 1.46. The molecule has 0 amide bonds. The quantitative estimate of drug-likeness (QED) is 0.685. The second-order valence-electron chi connectivity index (χ2n) is 3.20. The number of rotatable bonds is 2. The van der Waals surface area contributed by atoms with Crippen molar-refractivity contribution in [3.8, 4) is 0 Å². The van der Waals surface area contributed by atoms with E-state index < -0.39 is 0 Å². The summed E-state index contributed by atoms with van der Waals surface area (Å²) in [4.78, 5) is 10.8. The molecule has 0 N–H and O–H groups in total. The minimum absolute atomic E-state index is 0.249. The van der Waals surface area contributed by atoms with Crippen LogP contribution in [0.1, 0.15) is 32.8 Å². The van der Waals surface area contributed by atoms with Crippen LogP contribution in [0.25, 0.3) is 0 Å². The number of aryl methyl sites for hydroxylation is 1. The number of carbonyl (C=O) groups is 1. The minimum atomic E-state index is 0.249. The number of benzene rings is 1. The topological polar surface area (TPSA) is 17.1 Å². The third kappa shape index (κ3) is 5.88. The van der Waals surface area contributed by atoms with Crippen molar-refractivity contribution >= 4 is 19.4 Å². The lowest BCUT2D eigenvalue weighted by Gasteiger charge is -2.00. The second-order valence-corrected chi connectivity index (χ2v) is 4.70. The summed E-state index contributed by atoms with van der Waals surface area (Å²) in [6.07, 6.45) is 1.25. The van der Waals surface area contributed by atoms with Crippen molar-refractivity contribution in [2.45, 2.75) is 34.1 Å². The smallest absolute Gasteiger partial charge is 0.152 e. The first-order valence-corrected chi connectivity index (χ1v) is 5.95. The molecule has 1 nitrogen and oxygen atoms in total. The van der Waals surface area contributed by atoms with Crippen LogP contribution in [0, 0.1) is 6.92 Å². The van der Waals surface area contributed by atoms with Gasteiger partial charge in [-0.3, -0.25) is 4.79 Å². The van der Waals surface area contributed by atoms with Crippen LogP contribution >= 0.6 is 8.58 Å². The van der Waals surface area contributed by atoms with Gasteiger partial charge in [0.1, 0.15) is 0 Å². The van der Waals surface area contributed by atoms with Crippen molar-refractivity contribution in [2.24, 2.45) is 0 Å². The molecule has 0 aliphatic carbocycles. The highest BCUT2D eigenvalue weighted by atomic mass is 31.1. The van der Waals surface area contributed by atoms with Crippen LogP contribution in [-0.4, -0.2) is 5.52 Å². The molecule has 1 aromatic rings. The zero-order chi connectivity index (χ0) is 11.0. The predicted molar refractivity (Wildman–Crippen MR) is 65.8 cm³/mol. The minimum Gasteiger partial charge on any atom is -0.295 e. The molecule has 1 atom stereocenters. The fraction of sp³-hybridized carbons (Fsp3) is 0.417. The average Bonchev–Trinajstić information content (AvgIpc) is 2.09. The Morgan fingerprint density at radius 1 is 1.29 bits per heavy atom. The Hall–Kier alpha value is -0.680. The van der Waals surface area contributed by atoms with E-state index in [2.05, 4.69) is 13.8 Å². The van der Waals surface area contributed by atoms with E-state index in [1.54, 1.807) is 6.92 Å². The number of carbonyl (C=O) groups excluding carboxylic acids is 1. The molecule has 0 radical (unpaired) electrons. The molecule has 0 saturated heterocycles. The molecule has 2 heteroatoms. The van der Waals surface area contributed by atoms with Gasteiger partial charge in [-0.05, 0) is 33.3 Å². The maximum Gasteiger partial charge on any atom is 0.152 e. The molecule has 0 heterocycles.